The molecule has 0 unspecified atom stereocenters. The van der Waals surface area contributed by atoms with Crippen molar-refractivity contribution in [1.29, 1.82) is 0 Å². The highest BCUT2D eigenvalue weighted by molar-refractivity contribution is 6.29. The van der Waals surface area contributed by atoms with Gasteiger partial charge in [-0.25, -0.2) is 14.6 Å². The number of pyridine rings is 1. The molecule has 0 aliphatic heterocycles. The number of hydrogen-bond donors (Lipinski definition) is 0. The van der Waals surface area contributed by atoms with Gasteiger partial charge in [0.1, 0.15) is 5.82 Å². The van der Waals surface area contributed by atoms with Crippen LogP contribution in [0.3, 0.4) is 0 Å². The van der Waals surface area contributed by atoms with Gasteiger partial charge in [0.05, 0.1) is 29.2 Å². The van der Waals surface area contributed by atoms with Gasteiger partial charge in [-0.05, 0) is 42.3 Å². The first-order valence-electron chi connectivity index (χ1n) is 10.4. The van der Waals surface area contributed by atoms with Crippen molar-refractivity contribution in [3.63, 3.8) is 0 Å². The van der Waals surface area contributed by atoms with Crippen LogP contribution in [-0.4, -0.2) is 29.3 Å². The molecule has 0 fully saturated rings. The van der Waals surface area contributed by atoms with E-state index in [1.165, 1.54) is 0 Å². The molecule has 32 heavy (non-hydrogen) atoms. The summed E-state index contributed by atoms with van der Waals surface area (Å²) in [7, 11) is 0. The second-order valence-corrected chi connectivity index (χ2v) is 8.09. The van der Waals surface area contributed by atoms with Crippen molar-refractivity contribution in [2.45, 2.75) is 19.4 Å². The Bertz CT molecular complexity index is 1390. The van der Waals surface area contributed by atoms with Crippen molar-refractivity contribution in [2.75, 3.05) is 0 Å². The van der Waals surface area contributed by atoms with Crippen LogP contribution in [0.1, 0.15) is 17.8 Å². The minimum Gasteiger partial charge on any atom is -0.326 e. The third-order valence-electron chi connectivity index (χ3n) is 5.25. The fourth-order valence-corrected chi connectivity index (χ4v) is 3.80. The molecular formula is C25H21ClN6. The maximum atomic E-state index is 6.01. The summed E-state index contributed by atoms with van der Waals surface area (Å²) in [6.45, 7) is 4.51. The standard InChI is InChI=1S/C25H21ClN6/c1-18(26)11-12-24-29-25(30-32(24)21-8-5-13-27-15-21)20-7-4-6-19(14-20)16-31-17-28-22-9-2-3-10-23(22)31/h2-10,13-15,17H,1,11-12,16H2. The second kappa shape index (κ2) is 8.77. The Morgan fingerprint density at radius 1 is 1.03 bits per heavy atom. The first-order valence-corrected chi connectivity index (χ1v) is 10.7. The van der Waals surface area contributed by atoms with Crippen LogP contribution in [-0.2, 0) is 13.0 Å². The van der Waals surface area contributed by atoms with Crippen LogP contribution in [0.5, 0.6) is 0 Å². The van der Waals surface area contributed by atoms with Crippen molar-refractivity contribution in [3.8, 4) is 17.1 Å². The highest BCUT2D eigenvalue weighted by Crippen LogP contribution is 2.22. The molecule has 0 aliphatic carbocycles. The number of fused-ring (bicyclic) bond motifs is 1. The van der Waals surface area contributed by atoms with E-state index in [-0.39, 0.29) is 0 Å². The lowest BCUT2D eigenvalue weighted by Gasteiger charge is -2.06. The fourth-order valence-electron chi connectivity index (χ4n) is 3.70. The van der Waals surface area contributed by atoms with E-state index in [1.54, 1.807) is 12.4 Å². The second-order valence-electron chi connectivity index (χ2n) is 7.55. The number of aromatic nitrogens is 6. The Morgan fingerprint density at radius 2 is 1.94 bits per heavy atom. The number of nitrogens with zero attached hydrogens (tertiary/aromatic N) is 6. The average Bonchev–Trinajstić information content (AvgIpc) is 3.43. The van der Waals surface area contributed by atoms with Gasteiger partial charge in [-0.2, -0.15) is 0 Å². The third kappa shape index (κ3) is 4.18. The lowest BCUT2D eigenvalue weighted by atomic mass is 10.1. The molecular weight excluding hydrogens is 420 g/mol. The molecule has 0 saturated carbocycles. The highest BCUT2D eigenvalue weighted by atomic mass is 35.5. The molecule has 5 rings (SSSR count). The van der Waals surface area contributed by atoms with E-state index in [4.69, 9.17) is 21.7 Å². The van der Waals surface area contributed by atoms with Crippen molar-refractivity contribution < 1.29 is 0 Å². The van der Waals surface area contributed by atoms with Gasteiger partial charge >= 0.3 is 0 Å². The molecule has 0 amide bonds. The van der Waals surface area contributed by atoms with Gasteiger partial charge in [0.15, 0.2) is 5.82 Å². The van der Waals surface area contributed by atoms with Crippen LogP contribution in [0.15, 0.2) is 91.0 Å². The summed E-state index contributed by atoms with van der Waals surface area (Å²) in [4.78, 5) is 13.5. The molecule has 3 aromatic heterocycles. The van der Waals surface area contributed by atoms with Gasteiger partial charge in [-0.15, -0.1) is 5.10 Å². The van der Waals surface area contributed by atoms with Crippen LogP contribution in [0, 0.1) is 0 Å². The summed E-state index contributed by atoms with van der Waals surface area (Å²) in [5, 5.41) is 5.39. The van der Waals surface area contributed by atoms with Crippen LogP contribution >= 0.6 is 11.6 Å². The van der Waals surface area contributed by atoms with Gasteiger partial charge in [0.25, 0.3) is 0 Å². The monoisotopic (exact) mass is 440 g/mol. The Balaban J connectivity index is 1.48. The molecule has 7 heteroatoms. The average molecular weight is 441 g/mol. The van der Waals surface area contributed by atoms with Gasteiger partial charge in [0, 0.05) is 29.8 Å². The molecule has 0 saturated heterocycles. The molecule has 3 heterocycles. The predicted octanol–water partition coefficient (Wildman–Crippen LogP) is 5.41. The van der Waals surface area contributed by atoms with E-state index in [0.29, 0.717) is 23.7 Å². The summed E-state index contributed by atoms with van der Waals surface area (Å²) in [6, 6.07) is 20.3. The molecule has 0 radical (unpaired) electrons. The summed E-state index contributed by atoms with van der Waals surface area (Å²) >= 11 is 6.01. The first-order chi connectivity index (χ1) is 15.7. The zero-order valence-corrected chi connectivity index (χ0v) is 18.2. The Hall–Kier alpha value is -3.77. The molecule has 158 valence electrons. The predicted molar refractivity (Wildman–Crippen MR) is 127 cm³/mol. The van der Waals surface area contributed by atoms with Gasteiger partial charge in [-0.1, -0.05) is 48.5 Å². The van der Waals surface area contributed by atoms with E-state index < -0.39 is 0 Å². The highest BCUT2D eigenvalue weighted by Gasteiger charge is 2.14. The molecule has 0 aliphatic rings. The number of hydrogen-bond acceptors (Lipinski definition) is 4. The maximum Gasteiger partial charge on any atom is 0.181 e. The summed E-state index contributed by atoms with van der Waals surface area (Å²) in [5.41, 5.74) is 5.08. The summed E-state index contributed by atoms with van der Waals surface area (Å²) < 4.78 is 3.98. The summed E-state index contributed by atoms with van der Waals surface area (Å²) in [5.74, 6) is 1.49. The van der Waals surface area contributed by atoms with Crippen molar-refractivity contribution in [1.82, 2.24) is 29.3 Å². The topological polar surface area (TPSA) is 61.4 Å². The lowest BCUT2D eigenvalue weighted by Crippen LogP contribution is -2.03. The number of para-hydroxylation sites is 2. The van der Waals surface area contributed by atoms with Crippen LogP contribution in [0.4, 0.5) is 0 Å². The zero-order valence-electron chi connectivity index (χ0n) is 17.4. The van der Waals surface area contributed by atoms with E-state index >= 15 is 0 Å². The summed E-state index contributed by atoms with van der Waals surface area (Å²) in [6.07, 6.45) is 6.67. The Kier molecular flexibility index (Phi) is 5.52. The third-order valence-corrected chi connectivity index (χ3v) is 5.44. The smallest absolute Gasteiger partial charge is 0.181 e. The van der Waals surface area contributed by atoms with Crippen LogP contribution in [0.25, 0.3) is 28.1 Å². The van der Waals surface area contributed by atoms with E-state index in [2.05, 4.69) is 39.3 Å². The van der Waals surface area contributed by atoms with E-state index in [0.717, 1.165) is 40.2 Å². The molecule has 0 bridgehead atoms. The number of rotatable bonds is 7. The first kappa shape index (κ1) is 20.2. The minimum atomic E-state index is 0.599. The van der Waals surface area contributed by atoms with Gasteiger partial charge < -0.3 is 4.57 Å². The number of imidazole rings is 1. The number of benzene rings is 2. The number of halogens is 1. The Morgan fingerprint density at radius 3 is 2.78 bits per heavy atom. The number of aryl methyl sites for hydroxylation is 1. The van der Waals surface area contributed by atoms with E-state index in [1.807, 2.05) is 53.5 Å². The molecule has 6 nitrogen and oxygen atoms in total. The molecule has 0 spiro atoms. The van der Waals surface area contributed by atoms with Crippen molar-refractivity contribution in [2.24, 2.45) is 0 Å². The minimum absolute atomic E-state index is 0.599. The Labute approximate surface area is 190 Å². The van der Waals surface area contributed by atoms with Crippen LogP contribution in [0.2, 0.25) is 0 Å². The SMILES string of the molecule is C=C(Cl)CCc1nc(-c2cccc(Cn3cnc4ccccc43)c2)nn1-c1cccnc1. The molecule has 0 atom stereocenters. The lowest BCUT2D eigenvalue weighted by molar-refractivity contribution is 0.773. The molecule has 5 aromatic rings. The fraction of sp³-hybridized carbons (Fsp3) is 0.120. The maximum absolute atomic E-state index is 6.01. The zero-order chi connectivity index (χ0) is 21.9. The normalized spacial score (nSPS) is 11.2. The molecule has 2 aromatic carbocycles. The van der Waals surface area contributed by atoms with E-state index in [9.17, 15) is 0 Å². The number of allylic oxidation sites excluding steroid dienone is 1. The van der Waals surface area contributed by atoms with Gasteiger partial charge in [-0.3, -0.25) is 4.98 Å². The quantitative estimate of drug-likeness (QED) is 0.339. The van der Waals surface area contributed by atoms with Crippen molar-refractivity contribution >= 4 is 22.6 Å². The van der Waals surface area contributed by atoms with Crippen LogP contribution < -0.4 is 0 Å². The van der Waals surface area contributed by atoms with Gasteiger partial charge in [0.2, 0.25) is 0 Å². The van der Waals surface area contributed by atoms with Crippen molar-refractivity contribution in [3.05, 3.63) is 102 Å². The largest absolute Gasteiger partial charge is 0.326 e. The molecule has 0 N–H and O–H groups in total.